The number of halogens is 3. The van der Waals surface area contributed by atoms with Crippen molar-refractivity contribution in [3.63, 3.8) is 0 Å². The maximum absolute atomic E-state index is 12.7. The van der Waals surface area contributed by atoms with E-state index >= 15 is 0 Å². The van der Waals surface area contributed by atoms with Crippen LogP contribution in [0.25, 0.3) is 11.1 Å². The lowest BCUT2D eigenvalue weighted by atomic mass is 10.1. The molecule has 1 N–H and O–H groups in total. The lowest BCUT2D eigenvalue weighted by Crippen LogP contribution is -2.07. The molecular weight excluding hydrogens is 364 g/mol. The fourth-order valence-corrected chi connectivity index (χ4v) is 2.82. The lowest BCUT2D eigenvalue weighted by molar-refractivity contribution is -0.0524. The minimum absolute atomic E-state index is 0.152. The number of nitrogens with zero attached hydrogens (tertiary/aromatic N) is 3. The Labute approximate surface area is 153 Å². The van der Waals surface area contributed by atoms with Crippen molar-refractivity contribution in [1.82, 2.24) is 14.5 Å². The fourth-order valence-electron chi connectivity index (χ4n) is 2.63. The van der Waals surface area contributed by atoms with E-state index in [4.69, 9.17) is 11.6 Å². The first-order valence-electron chi connectivity index (χ1n) is 7.79. The summed E-state index contributed by atoms with van der Waals surface area (Å²) in [7, 11) is 0. The van der Waals surface area contributed by atoms with E-state index in [1.54, 1.807) is 36.5 Å². The highest BCUT2D eigenvalue weighted by Crippen LogP contribution is 2.31. The minimum Gasteiger partial charge on any atom is -0.416 e. The Bertz CT molecular complexity index is 915. The van der Waals surface area contributed by atoms with Gasteiger partial charge < -0.3 is 14.4 Å². The summed E-state index contributed by atoms with van der Waals surface area (Å²) in [5, 5.41) is 9.67. The van der Waals surface area contributed by atoms with Gasteiger partial charge in [0.1, 0.15) is 5.82 Å². The quantitative estimate of drug-likeness (QED) is 0.702. The van der Waals surface area contributed by atoms with Gasteiger partial charge in [0.2, 0.25) is 5.88 Å². The summed E-state index contributed by atoms with van der Waals surface area (Å²) < 4.78 is 31.8. The molecule has 0 saturated carbocycles. The van der Waals surface area contributed by atoms with Gasteiger partial charge in [-0.15, -0.1) is 0 Å². The first-order valence-corrected chi connectivity index (χ1v) is 8.17. The van der Waals surface area contributed by atoms with E-state index in [1.807, 2.05) is 11.5 Å². The molecule has 5 nitrogen and oxygen atoms in total. The zero-order valence-electron chi connectivity index (χ0n) is 13.9. The summed E-state index contributed by atoms with van der Waals surface area (Å²) in [5.41, 5.74) is 2.38. The summed E-state index contributed by atoms with van der Waals surface area (Å²) in [5.74, 6) is 0.565. The lowest BCUT2D eigenvalue weighted by Gasteiger charge is -2.13. The van der Waals surface area contributed by atoms with Crippen LogP contribution in [0.15, 0.2) is 42.7 Å². The van der Waals surface area contributed by atoms with Crippen LogP contribution in [0.1, 0.15) is 17.1 Å². The standard InChI is InChI=1S/C18H16ClF2N3O2/c1-11-23-15(10-25)9-24(11)8-12-5-16(13-3-2-4-14(19)6-13)17(22-7-12)26-18(20)21/h2-7,9,18,25H,8,10H2,1H3. The van der Waals surface area contributed by atoms with Crippen LogP contribution < -0.4 is 4.74 Å². The molecule has 0 saturated heterocycles. The van der Waals surface area contributed by atoms with E-state index in [-0.39, 0.29) is 12.5 Å². The predicted octanol–water partition coefficient (Wildman–Crippen LogP) is 4.05. The Morgan fingerprint density at radius 1 is 1.31 bits per heavy atom. The number of hydrogen-bond donors (Lipinski definition) is 1. The molecular formula is C18H16ClF2N3O2. The van der Waals surface area contributed by atoms with Gasteiger partial charge in [0, 0.05) is 23.0 Å². The summed E-state index contributed by atoms with van der Waals surface area (Å²) >= 11 is 6.02. The average Bonchev–Trinajstić information content (AvgIpc) is 2.95. The van der Waals surface area contributed by atoms with Gasteiger partial charge in [0.15, 0.2) is 0 Å². The second-order valence-electron chi connectivity index (χ2n) is 5.65. The van der Waals surface area contributed by atoms with Crippen LogP contribution >= 0.6 is 11.6 Å². The van der Waals surface area contributed by atoms with Crippen LogP contribution in [0.3, 0.4) is 0 Å². The first kappa shape index (κ1) is 18.3. The SMILES string of the molecule is Cc1nc(CO)cn1Cc1cnc(OC(F)F)c(-c2cccc(Cl)c2)c1. The second kappa shape index (κ2) is 7.80. The number of ether oxygens (including phenoxy) is 1. The third kappa shape index (κ3) is 4.17. The normalized spacial score (nSPS) is 11.2. The minimum atomic E-state index is -2.98. The molecule has 1 aromatic carbocycles. The maximum Gasteiger partial charge on any atom is 0.388 e. The van der Waals surface area contributed by atoms with Crippen molar-refractivity contribution >= 4 is 11.6 Å². The Morgan fingerprint density at radius 2 is 2.12 bits per heavy atom. The predicted molar refractivity (Wildman–Crippen MR) is 93.3 cm³/mol. The molecule has 0 atom stereocenters. The van der Waals surface area contributed by atoms with Crippen LogP contribution in [0.5, 0.6) is 5.88 Å². The van der Waals surface area contributed by atoms with E-state index in [1.165, 1.54) is 6.20 Å². The Kier molecular flexibility index (Phi) is 5.49. The number of benzene rings is 1. The third-order valence-corrected chi connectivity index (χ3v) is 4.02. The number of aromatic nitrogens is 3. The zero-order chi connectivity index (χ0) is 18.7. The van der Waals surface area contributed by atoms with Gasteiger partial charge in [-0.05, 0) is 36.2 Å². The number of imidazole rings is 1. The molecule has 3 rings (SSSR count). The number of aliphatic hydroxyl groups is 1. The monoisotopic (exact) mass is 379 g/mol. The van der Waals surface area contributed by atoms with Crippen molar-refractivity contribution in [1.29, 1.82) is 0 Å². The number of pyridine rings is 1. The molecule has 0 unspecified atom stereocenters. The largest absolute Gasteiger partial charge is 0.416 e. The average molecular weight is 380 g/mol. The van der Waals surface area contributed by atoms with Crippen molar-refractivity contribution < 1.29 is 18.6 Å². The van der Waals surface area contributed by atoms with Gasteiger partial charge in [-0.2, -0.15) is 8.78 Å². The van der Waals surface area contributed by atoms with Crippen LogP contribution in [-0.2, 0) is 13.2 Å². The number of alkyl halides is 2. The molecule has 8 heteroatoms. The van der Waals surface area contributed by atoms with Crippen LogP contribution in [0.2, 0.25) is 5.02 Å². The topological polar surface area (TPSA) is 60.2 Å². The van der Waals surface area contributed by atoms with Crippen LogP contribution in [0.4, 0.5) is 8.78 Å². The van der Waals surface area contributed by atoms with E-state index in [0.717, 1.165) is 11.4 Å². The summed E-state index contributed by atoms with van der Waals surface area (Å²) in [6, 6.07) is 8.56. The highest BCUT2D eigenvalue weighted by molar-refractivity contribution is 6.30. The van der Waals surface area contributed by atoms with Gasteiger partial charge in [0.25, 0.3) is 0 Å². The number of rotatable bonds is 6. The van der Waals surface area contributed by atoms with E-state index in [2.05, 4.69) is 14.7 Å². The maximum atomic E-state index is 12.7. The van der Waals surface area contributed by atoms with Crippen molar-refractivity contribution in [3.05, 3.63) is 64.8 Å². The molecule has 0 radical (unpaired) electrons. The van der Waals surface area contributed by atoms with Crippen molar-refractivity contribution in [2.45, 2.75) is 26.7 Å². The van der Waals surface area contributed by atoms with Crippen molar-refractivity contribution in [2.24, 2.45) is 0 Å². The smallest absolute Gasteiger partial charge is 0.388 e. The number of aryl methyl sites for hydroxylation is 1. The van der Waals surface area contributed by atoms with Crippen molar-refractivity contribution in [3.8, 4) is 17.0 Å². The number of aliphatic hydroxyl groups excluding tert-OH is 1. The highest BCUT2D eigenvalue weighted by Gasteiger charge is 2.15. The Morgan fingerprint density at radius 3 is 2.77 bits per heavy atom. The molecule has 3 aromatic rings. The van der Waals surface area contributed by atoms with Crippen LogP contribution in [0, 0.1) is 6.92 Å². The van der Waals surface area contributed by atoms with Gasteiger partial charge in [0.05, 0.1) is 18.8 Å². The number of hydrogen-bond acceptors (Lipinski definition) is 4. The molecule has 0 spiro atoms. The second-order valence-corrected chi connectivity index (χ2v) is 6.09. The van der Waals surface area contributed by atoms with E-state index < -0.39 is 6.61 Å². The van der Waals surface area contributed by atoms with Crippen LogP contribution in [-0.4, -0.2) is 26.3 Å². The molecule has 0 fully saturated rings. The van der Waals surface area contributed by atoms with Crippen molar-refractivity contribution in [2.75, 3.05) is 0 Å². The summed E-state index contributed by atoms with van der Waals surface area (Å²) in [6.07, 6.45) is 3.21. The van der Waals surface area contributed by atoms with Gasteiger partial charge in [-0.3, -0.25) is 0 Å². The van der Waals surface area contributed by atoms with Gasteiger partial charge >= 0.3 is 6.61 Å². The molecule has 0 aliphatic heterocycles. The molecule has 0 aliphatic rings. The molecule has 0 bridgehead atoms. The molecule has 2 aromatic heterocycles. The molecule has 136 valence electrons. The Balaban J connectivity index is 2.00. The molecule has 0 amide bonds. The fraction of sp³-hybridized carbons (Fsp3) is 0.222. The first-order chi connectivity index (χ1) is 12.5. The molecule has 26 heavy (non-hydrogen) atoms. The van der Waals surface area contributed by atoms with Gasteiger partial charge in [-0.25, -0.2) is 9.97 Å². The third-order valence-electron chi connectivity index (χ3n) is 3.78. The van der Waals surface area contributed by atoms with Gasteiger partial charge in [-0.1, -0.05) is 23.7 Å². The van der Waals surface area contributed by atoms with E-state index in [9.17, 15) is 13.9 Å². The highest BCUT2D eigenvalue weighted by atomic mass is 35.5. The zero-order valence-corrected chi connectivity index (χ0v) is 14.6. The molecule has 2 heterocycles. The summed E-state index contributed by atoms with van der Waals surface area (Å²) in [6.45, 7) is -0.886. The summed E-state index contributed by atoms with van der Waals surface area (Å²) in [4.78, 5) is 8.27. The molecule has 0 aliphatic carbocycles. The van der Waals surface area contributed by atoms with E-state index in [0.29, 0.717) is 28.4 Å². The Hall–Kier alpha value is -2.51.